The van der Waals surface area contributed by atoms with E-state index in [2.05, 4.69) is 20.9 Å². The number of rotatable bonds is 2. The lowest BCUT2D eigenvalue weighted by Crippen LogP contribution is -2.13. The van der Waals surface area contributed by atoms with E-state index < -0.39 is 0 Å². The van der Waals surface area contributed by atoms with Crippen LogP contribution in [0.5, 0.6) is 0 Å². The molecule has 10 heavy (non-hydrogen) atoms. The van der Waals surface area contributed by atoms with E-state index in [0.29, 0.717) is 9.61 Å². The summed E-state index contributed by atoms with van der Waals surface area (Å²) in [6.07, 6.45) is 0. The van der Waals surface area contributed by atoms with Crippen molar-refractivity contribution < 1.29 is 4.79 Å². The Morgan fingerprint density at radius 3 is 3.00 bits per heavy atom. The van der Waals surface area contributed by atoms with Crippen LogP contribution in [-0.2, 0) is 0 Å². The molecule has 0 unspecified atom stereocenters. The van der Waals surface area contributed by atoms with Gasteiger partial charge in [0, 0.05) is 5.38 Å². The summed E-state index contributed by atoms with van der Waals surface area (Å²) in [5.74, 6) is -0.123. The third-order valence-electron chi connectivity index (χ3n) is 0.947. The maximum atomic E-state index is 10.8. The number of Topliss-reactive ketones (excluding diaryl/α,β-unsaturated/α-hetero) is 1. The Bertz CT molecular complexity index is 248. The molecule has 54 valence electrons. The number of nitrogens with zero attached hydrogens (tertiary/aromatic N) is 1. The van der Waals surface area contributed by atoms with Crippen LogP contribution in [0.1, 0.15) is 10.5 Å². The van der Waals surface area contributed by atoms with E-state index in [1.54, 1.807) is 5.38 Å². The van der Waals surface area contributed by atoms with Crippen molar-refractivity contribution in [1.82, 2.24) is 4.98 Å². The maximum absolute atomic E-state index is 10.8. The summed E-state index contributed by atoms with van der Waals surface area (Å²) in [6.45, 7) is 0.0240. The molecule has 1 heterocycles. The quantitative estimate of drug-likeness (QED) is 0.759. The lowest BCUT2D eigenvalue weighted by atomic mass is 10.3. The molecule has 1 rings (SSSR count). The second kappa shape index (κ2) is 3.23. The first kappa shape index (κ1) is 7.84. The van der Waals surface area contributed by atoms with Crippen LogP contribution in [0.4, 0.5) is 0 Å². The molecule has 0 saturated carbocycles. The molecule has 1 aromatic rings. The van der Waals surface area contributed by atoms with Gasteiger partial charge in [-0.25, -0.2) is 4.98 Å². The van der Waals surface area contributed by atoms with Crippen molar-refractivity contribution in [3.8, 4) is 0 Å². The number of hydrogen-bond donors (Lipinski definition) is 1. The molecule has 0 aromatic carbocycles. The van der Waals surface area contributed by atoms with Gasteiger partial charge in [0.15, 0.2) is 9.70 Å². The number of halogens is 1. The summed E-state index contributed by atoms with van der Waals surface area (Å²) >= 11 is 4.52. The first-order chi connectivity index (χ1) is 4.74. The van der Waals surface area contributed by atoms with Crippen molar-refractivity contribution in [2.45, 2.75) is 0 Å². The summed E-state index contributed by atoms with van der Waals surface area (Å²) in [6, 6.07) is 0. The van der Waals surface area contributed by atoms with Gasteiger partial charge in [-0.2, -0.15) is 0 Å². The molecular weight excluding hydrogens is 216 g/mol. The summed E-state index contributed by atoms with van der Waals surface area (Å²) in [5, 5.41) is 1.68. The van der Waals surface area contributed by atoms with Crippen LogP contribution < -0.4 is 5.73 Å². The number of nitrogens with two attached hydrogens (primary N) is 1. The van der Waals surface area contributed by atoms with Crippen molar-refractivity contribution in [1.29, 1.82) is 0 Å². The Morgan fingerprint density at radius 2 is 2.60 bits per heavy atom. The summed E-state index contributed by atoms with van der Waals surface area (Å²) < 4.78 is 0.712. The molecule has 0 spiro atoms. The fourth-order valence-corrected chi connectivity index (χ4v) is 1.50. The highest BCUT2D eigenvalue weighted by atomic mass is 79.9. The zero-order chi connectivity index (χ0) is 7.56. The van der Waals surface area contributed by atoms with Crippen LogP contribution in [-0.4, -0.2) is 17.3 Å². The van der Waals surface area contributed by atoms with Gasteiger partial charge in [-0.05, 0) is 15.9 Å². The molecule has 0 radical (unpaired) electrons. The van der Waals surface area contributed by atoms with Gasteiger partial charge in [0.1, 0.15) is 5.69 Å². The number of aromatic nitrogens is 1. The van der Waals surface area contributed by atoms with Gasteiger partial charge in [-0.1, -0.05) is 0 Å². The van der Waals surface area contributed by atoms with Crippen molar-refractivity contribution in [3.63, 3.8) is 0 Å². The third-order valence-corrected chi connectivity index (χ3v) is 2.31. The first-order valence-corrected chi connectivity index (χ1v) is 4.25. The van der Waals surface area contributed by atoms with Crippen LogP contribution in [0.2, 0.25) is 0 Å². The molecule has 0 bridgehead atoms. The summed E-state index contributed by atoms with van der Waals surface area (Å²) in [5.41, 5.74) is 5.56. The Morgan fingerprint density at radius 1 is 1.90 bits per heavy atom. The SMILES string of the molecule is NCC(=O)c1csc(Br)n1. The smallest absolute Gasteiger partial charge is 0.195 e. The third kappa shape index (κ3) is 1.62. The average Bonchev–Trinajstić information content (AvgIpc) is 2.34. The number of ketones is 1. The van der Waals surface area contributed by atoms with E-state index in [9.17, 15) is 4.79 Å². The minimum absolute atomic E-state index is 0.0240. The highest BCUT2D eigenvalue weighted by Crippen LogP contribution is 2.15. The summed E-state index contributed by atoms with van der Waals surface area (Å²) in [4.78, 5) is 14.7. The van der Waals surface area contributed by atoms with Gasteiger partial charge in [-0.3, -0.25) is 4.79 Å². The van der Waals surface area contributed by atoms with Crippen LogP contribution in [0.25, 0.3) is 0 Å². The topological polar surface area (TPSA) is 56.0 Å². The van der Waals surface area contributed by atoms with E-state index in [0.717, 1.165) is 0 Å². The number of thiazole rings is 1. The van der Waals surface area contributed by atoms with Crippen LogP contribution >= 0.6 is 27.3 Å². The molecule has 0 fully saturated rings. The monoisotopic (exact) mass is 220 g/mol. The largest absolute Gasteiger partial charge is 0.324 e. The van der Waals surface area contributed by atoms with E-state index >= 15 is 0 Å². The average molecular weight is 221 g/mol. The van der Waals surface area contributed by atoms with Crippen molar-refractivity contribution in [2.24, 2.45) is 5.73 Å². The fourth-order valence-electron chi connectivity index (χ4n) is 0.484. The Labute approximate surface area is 70.4 Å². The van der Waals surface area contributed by atoms with E-state index in [1.807, 2.05) is 0 Å². The number of carbonyl (C=O) groups is 1. The molecule has 0 amide bonds. The van der Waals surface area contributed by atoms with E-state index in [1.165, 1.54) is 11.3 Å². The van der Waals surface area contributed by atoms with Crippen LogP contribution in [0.3, 0.4) is 0 Å². The van der Waals surface area contributed by atoms with Crippen LogP contribution in [0.15, 0.2) is 9.30 Å². The van der Waals surface area contributed by atoms with Gasteiger partial charge < -0.3 is 5.73 Å². The predicted octanol–water partition coefficient (Wildman–Crippen LogP) is 1.05. The van der Waals surface area contributed by atoms with Crippen molar-refractivity contribution in [3.05, 3.63) is 15.0 Å². The van der Waals surface area contributed by atoms with Gasteiger partial charge in [-0.15, -0.1) is 11.3 Å². The number of carbonyl (C=O) groups excluding carboxylic acids is 1. The van der Waals surface area contributed by atoms with E-state index in [4.69, 9.17) is 5.73 Å². The lowest BCUT2D eigenvalue weighted by Gasteiger charge is -1.86. The maximum Gasteiger partial charge on any atom is 0.195 e. The molecule has 3 nitrogen and oxygen atoms in total. The predicted molar refractivity (Wildman–Crippen MR) is 43.2 cm³/mol. The summed E-state index contributed by atoms with van der Waals surface area (Å²) in [7, 11) is 0. The molecule has 0 aliphatic carbocycles. The van der Waals surface area contributed by atoms with Gasteiger partial charge in [0.05, 0.1) is 6.54 Å². The molecule has 1 aromatic heterocycles. The zero-order valence-electron chi connectivity index (χ0n) is 5.00. The molecule has 2 N–H and O–H groups in total. The fraction of sp³-hybridized carbons (Fsp3) is 0.200. The Balaban J connectivity index is 2.85. The molecular formula is C5H5BrN2OS. The van der Waals surface area contributed by atoms with E-state index in [-0.39, 0.29) is 12.3 Å². The van der Waals surface area contributed by atoms with Gasteiger partial charge in [0.25, 0.3) is 0 Å². The highest BCUT2D eigenvalue weighted by molar-refractivity contribution is 9.11. The minimum Gasteiger partial charge on any atom is -0.324 e. The zero-order valence-corrected chi connectivity index (χ0v) is 7.41. The van der Waals surface area contributed by atoms with Gasteiger partial charge >= 0.3 is 0 Å². The standard InChI is InChI=1S/C5H5BrN2OS/c6-5-8-3(2-10-5)4(9)1-7/h2H,1,7H2. The molecule has 0 aliphatic heterocycles. The van der Waals surface area contributed by atoms with Crippen molar-refractivity contribution >= 4 is 33.0 Å². The highest BCUT2D eigenvalue weighted by Gasteiger charge is 2.06. The van der Waals surface area contributed by atoms with Crippen molar-refractivity contribution in [2.75, 3.05) is 6.54 Å². The normalized spacial score (nSPS) is 9.80. The minimum atomic E-state index is -0.123. The van der Waals surface area contributed by atoms with Crippen LogP contribution in [0, 0.1) is 0 Å². The Kier molecular flexibility index (Phi) is 2.53. The molecule has 0 saturated heterocycles. The second-order valence-corrected chi connectivity index (χ2v) is 3.75. The molecule has 0 aliphatic rings. The second-order valence-electron chi connectivity index (χ2n) is 1.61. The Hall–Kier alpha value is -0.260. The molecule has 5 heteroatoms. The number of hydrogen-bond acceptors (Lipinski definition) is 4. The molecule has 0 atom stereocenters. The first-order valence-electron chi connectivity index (χ1n) is 2.58. The lowest BCUT2D eigenvalue weighted by molar-refractivity contribution is 0.0997. The van der Waals surface area contributed by atoms with Gasteiger partial charge in [0.2, 0.25) is 0 Å².